The van der Waals surface area contributed by atoms with Crippen LogP contribution in [0, 0.1) is 6.92 Å². The zero-order chi connectivity index (χ0) is 23.4. The molecule has 0 amide bonds. The van der Waals surface area contributed by atoms with Crippen molar-refractivity contribution in [3.63, 3.8) is 0 Å². The summed E-state index contributed by atoms with van der Waals surface area (Å²) in [5, 5.41) is 0. The summed E-state index contributed by atoms with van der Waals surface area (Å²) in [7, 11) is 0. The molecule has 0 atom stereocenters. The van der Waals surface area contributed by atoms with Crippen LogP contribution in [0.4, 0.5) is 0 Å². The number of rotatable bonds is 7. The Labute approximate surface area is 192 Å². The molecule has 0 spiro atoms. The Kier molecular flexibility index (Phi) is 6.31. The first-order valence-electron chi connectivity index (χ1n) is 10.6. The van der Waals surface area contributed by atoms with Gasteiger partial charge >= 0.3 is 5.97 Å². The first kappa shape index (κ1) is 22.0. The normalized spacial score (nSPS) is 10.6. The molecule has 0 fully saturated rings. The van der Waals surface area contributed by atoms with Gasteiger partial charge in [0.2, 0.25) is 0 Å². The fraction of sp³-hybridized carbons (Fsp3) is 0.107. The van der Waals surface area contributed by atoms with E-state index in [1.165, 1.54) is 0 Å². The fourth-order valence-corrected chi connectivity index (χ4v) is 3.79. The van der Waals surface area contributed by atoms with Crippen LogP contribution in [0.3, 0.4) is 0 Å². The third-order valence-electron chi connectivity index (χ3n) is 5.49. The van der Waals surface area contributed by atoms with E-state index in [1.54, 1.807) is 55.5 Å². The molecule has 0 saturated carbocycles. The molecule has 0 radical (unpaired) electrons. The highest BCUT2D eigenvalue weighted by Gasteiger charge is 2.18. The number of nitrogens with zero attached hydrogens (tertiary/aromatic N) is 1. The highest BCUT2D eigenvalue weighted by Crippen LogP contribution is 2.30. The van der Waals surface area contributed by atoms with Crippen molar-refractivity contribution in [2.75, 3.05) is 6.61 Å². The molecule has 0 unspecified atom stereocenters. The topological polar surface area (TPSA) is 65.4 Å². The van der Waals surface area contributed by atoms with Gasteiger partial charge in [-0.2, -0.15) is 0 Å². The van der Waals surface area contributed by atoms with Crippen LogP contribution in [0.5, 0.6) is 0 Å². The quantitative estimate of drug-likeness (QED) is 0.275. The van der Waals surface area contributed by atoms with Crippen molar-refractivity contribution in [2.24, 2.45) is 0 Å². The van der Waals surface area contributed by atoms with Crippen molar-refractivity contribution in [1.29, 1.82) is 0 Å². The van der Waals surface area contributed by atoms with Gasteiger partial charge in [-0.1, -0.05) is 60.7 Å². The lowest BCUT2D eigenvalue weighted by Crippen LogP contribution is -2.14. The Bertz CT molecular complexity index is 1300. The van der Waals surface area contributed by atoms with Crippen LogP contribution in [-0.2, 0) is 4.74 Å². The van der Waals surface area contributed by atoms with Gasteiger partial charge in [-0.25, -0.2) is 4.79 Å². The summed E-state index contributed by atoms with van der Waals surface area (Å²) in [6.07, 6.45) is 0. The van der Waals surface area contributed by atoms with E-state index in [0.29, 0.717) is 16.7 Å². The summed E-state index contributed by atoms with van der Waals surface area (Å²) >= 11 is 0. The summed E-state index contributed by atoms with van der Waals surface area (Å²) in [5.41, 5.74) is 5.01. The standard InChI is InChI=1S/C28H23NO4/c1-19-25(20(2)30)17-26(21-9-5-3-6-10-21)29(19)24-15-13-23(14-16-24)28(32)33-18-27(31)22-11-7-4-8-12-22/h3-17H,18H2,1-2H3. The number of ether oxygens (including phenoxy) is 1. The van der Waals surface area contributed by atoms with Crippen molar-refractivity contribution >= 4 is 17.5 Å². The molecule has 1 aromatic heterocycles. The second kappa shape index (κ2) is 9.49. The maximum absolute atomic E-state index is 12.5. The third-order valence-corrected chi connectivity index (χ3v) is 5.49. The molecule has 0 aliphatic rings. The molecule has 0 aliphatic heterocycles. The van der Waals surface area contributed by atoms with Crippen LogP contribution < -0.4 is 0 Å². The average molecular weight is 437 g/mol. The second-order valence-corrected chi connectivity index (χ2v) is 7.70. The van der Waals surface area contributed by atoms with Crippen LogP contribution >= 0.6 is 0 Å². The SMILES string of the molecule is CC(=O)c1cc(-c2ccccc2)n(-c2ccc(C(=O)OCC(=O)c3ccccc3)cc2)c1C. The number of esters is 1. The van der Waals surface area contributed by atoms with Crippen molar-refractivity contribution in [3.05, 3.63) is 113 Å². The largest absolute Gasteiger partial charge is 0.454 e. The van der Waals surface area contributed by atoms with Crippen molar-refractivity contribution in [2.45, 2.75) is 13.8 Å². The van der Waals surface area contributed by atoms with Gasteiger partial charge in [0.15, 0.2) is 18.2 Å². The fourth-order valence-electron chi connectivity index (χ4n) is 3.79. The molecule has 33 heavy (non-hydrogen) atoms. The second-order valence-electron chi connectivity index (χ2n) is 7.70. The van der Waals surface area contributed by atoms with Gasteiger partial charge in [0.25, 0.3) is 0 Å². The lowest BCUT2D eigenvalue weighted by molar-refractivity contribution is 0.0474. The molecule has 5 heteroatoms. The minimum atomic E-state index is -0.567. The Hall–Kier alpha value is -4.25. The Balaban J connectivity index is 1.58. The van der Waals surface area contributed by atoms with E-state index in [0.717, 1.165) is 22.6 Å². The Morgan fingerprint density at radius 3 is 2.00 bits per heavy atom. The first-order chi connectivity index (χ1) is 16.0. The number of benzene rings is 3. The summed E-state index contributed by atoms with van der Waals surface area (Å²) in [6, 6.07) is 27.4. The molecule has 0 bridgehead atoms. The van der Waals surface area contributed by atoms with Crippen LogP contribution in [0.25, 0.3) is 16.9 Å². The van der Waals surface area contributed by atoms with Gasteiger partial charge in [-0.05, 0) is 49.7 Å². The van der Waals surface area contributed by atoms with Crippen molar-refractivity contribution < 1.29 is 19.1 Å². The van der Waals surface area contributed by atoms with Gasteiger partial charge in [0.1, 0.15) is 0 Å². The minimum Gasteiger partial charge on any atom is -0.454 e. The first-order valence-corrected chi connectivity index (χ1v) is 10.6. The number of Topliss-reactive ketones (excluding diaryl/α,β-unsaturated/α-hetero) is 2. The Morgan fingerprint density at radius 2 is 1.39 bits per heavy atom. The number of carbonyl (C=O) groups is 3. The van der Waals surface area contributed by atoms with Crippen molar-refractivity contribution in [3.8, 4) is 16.9 Å². The number of aromatic nitrogens is 1. The van der Waals surface area contributed by atoms with E-state index in [2.05, 4.69) is 0 Å². The average Bonchev–Trinajstić information content (AvgIpc) is 3.21. The van der Waals surface area contributed by atoms with E-state index in [4.69, 9.17) is 4.74 Å². The molecule has 0 aliphatic carbocycles. The van der Waals surface area contributed by atoms with Gasteiger partial charge in [-0.15, -0.1) is 0 Å². The number of hydrogen-bond donors (Lipinski definition) is 0. The van der Waals surface area contributed by atoms with Crippen LogP contribution in [0.15, 0.2) is 91.0 Å². The molecule has 0 saturated heterocycles. The van der Waals surface area contributed by atoms with Gasteiger partial charge < -0.3 is 9.30 Å². The number of carbonyl (C=O) groups excluding carboxylic acids is 3. The molecular weight excluding hydrogens is 414 g/mol. The van der Waals surface area contributed by atoms with Gasteiger partial charge in [0, 0.05) is 22.5 Å². The van der Waals surface area contributed by atoms with Crippen LogP contribution in [-0.4, -0.2) is 28.7 Å². The summed E-state index contributed by atoms with van der Waals surface area (Å²) < 4.78 is 7.20. The van der Waals surface area contributed by atoms with Crippen molar-refractivity contribution in [1.82, 2.24) is 4.57 Å². The number of ketones is 2. The smallest absolute Gasteiger partial charge is 0.338 e. The Morgan fingerprint density at radius 1 is 0.788 bits per heavy atom. The maximum Gasteiger partial charge on any atom is 0.338 e. The van der Waals surface area contributed by atoms with Crippen LogP contribution in [0.1, 0.15) is 43.7 Å². The monoisotopic (exact) mass is 437 g/mol. The lowest BCUT2D eigenvalue weighted by atomic mass is 10.1. The summed E-state index contributed by atoms with van der Waals surface area (Å²) in [6.45, 7) is 3.14. The molecule has 164 valence electrons. The molecule has 5 nitrogen and oxygen atoms in total. The maximum atomic E-state index is 12.5. The summed E-state index contributed by atoms with van der Waals surface area (Å²) in [4.78, 5) is 36.8. The van der Waals surface area contributed by atoms with E-state index in [-0.39, 0.29) is 18.2 Å². The summed E-state index contributed by atoms with van der Waals surface area (Å²) in [5.74, 6) is -0.831. The molecule has 1 heterocycles. The zero-order valence-electron chi connectivity index (χ0n) is 18.4. The predicted octanol–water partition coefficient (Wildman–Crippen LogP) is 5.70. The van der Waals surface area contributed by atoms with E-state index in [1.807, 2.05) is 54.0 Å². The van der Waals surface area contributed by atoms with E-state index >= 15 is 0 Å². The highest BCUT2D eigenvalue weighted by atomic mass is 16.5. The lowest BCUT2D eigenvalue weighted by Gasteiger charge is -2.13. The molecular formula is C28H23NO4. The van der Waals surface area contributed by atoms with E-state index < -0.39 is 5.97 Å². The third kappa shape index (κ3) is 4.67. The molecule has 4 aromatic rings. The minimum absolute atomic E-state index is 0.00767. The molecule has 4 rings (SSSR count). The van der Waals surface area contributed by atoms with Gasteiger partial charge in [-0.3, -0.25) is 9.59 Å². The molecule has 3 aromatic carbocycles. The number of hydrogen-bond acceptors (Lipinski definition) is 4. The molecule has 0 N–H and O–H groups in total. The van der Waals surface area contributed by atoms with Crippen LogP contribution in [0.2, 0.25) is 0 Å². The van der Waals surface area contributed by atoms with Gasteiger partial charge in [0.05, 0.1) is 11.3 Å². The zero-order valence-corrected chi connectivity index (χ0v) is 18.4. The predicted molar refractivity (Wildman–Crippen MR) is 127 cm³/mol. The highest BCUT2D eigenvalue weighted by molar-refractivity contribution is 5.99. The van der Waals surface area contributed by atoms with E-state index in [9.17, 15) is 14.4 Å².